The van der Waals surface area contributed by atoms with E-state index in [-0.39, 0.29) is 13.2 Å². The Balaban J connectivity index is 1.81. The first-order valence-electron chi connectivity index (χ1n) is 6.73. The lowest BCUT2D eigenvalue weighted by molar-refractivity contribution is 0.314. The third-order valence-corrected chi connectivity index (χ3v) is 2.95. The molecule has 1 aromatic carbocycles. The lowest BCUT2D eigenvalue weighted by Gasteiger charge is -2.10. The van der Waals surface area contributed by atoms with E-state index >= 15 is 0 Å². The van der Waals surface area contributed by atoms with Gasteiger partial charge in [-0.2, -0.15) is 22.5 Å². The van der Waals surface area contributed by atoms with Crippen molar-refractivity contribution in [2.24, 2.45) is 0 Å². The summed E-state index contributed by atoms with van der Waals surface area (Å²) in [6, 6.07) is 6.86. The fourth-order valence-electron chi connectivity index (χ4n) is 1.79. The number of hydrogen-bond acceptors (Lipinski definition) is 4. The van der Waals surface area contributed by atoms with Crippen LogP contribution in [0.2, 0.25) is 0 Å². The van der Waals surface area contributed by atoms with Crippen molar-refractivity contribution in [2.75, 3.05) is 25.6 Å². The summed E-state index contributed by atoms with van der Waals surface area (Å²) >= 11 is 0. The molecule has 0 amide bonds. The van der Waals surface area contributed by atoms with Gasteiger partial charge in [0.15, 0.2) is 0 Å². The number of ether oxygens (including phenoxy) is 2. The molecular formula is C15H14F4N2O2. The minimum atomic E-state index is -1.69. The zero-order valence-electron chi connectivity index (χ0n) is 12.2. The van der Waals surface area contributed by atoms with E-state index in [1.165, 1.54) is 0 Å². The molecule has 0 fully saturated rings. The lowest BCUT2D eigenvalue weighted by Crippen LogP contribution is -2.12. The Hall–Kier alpha value is -2.51. The number of aromatic nitrogens is 1. The topological polar surface area (TPSA) is 43.4 Å². The van der Waals surface area contributed by atoms with Crippen molar-refractivity contribution < 1.29 is 27.0 Å². The molecule has 0 aliphatic rings. The lowest BCUT2D eigenvalue weighted by atomic mass is 10.3. The summed E-state index contributed by atoms with van der Waals surface area (Å²) in [7, 11) is 1.55. The molecule has 0 spiro atoms. The third kappa shape index (κ3) is 4.24. The van der Waals surface area contributed by atoms with E-state index < -0.39 is 29.2 Å². The summed E-state index contributed by atoms with van der Waals surface area (Å²) in [6.45, 7) is 0.311. The van der Waals surface area contributed by atoms with E-state index in [0.717, 1.165) is 0 Å². The van der Waals surface area contributed by atoms with Gasteiger partial charge in [-0.3, -0.25) is 0 Å². The number of hydrogen-bond donors (Lipinski definition) is 1. The summed E-state index contributed by atoms with van der Waals surface area (Å²) in [5, 5.41) is 2.30. The van der Waals surface area contributed by atoms with Crippen LogP contribution in [-0.2, 0) is 0 Å². The Morgan fingerprint density at radius 3 is 2.09 bits per heavy atom. The molecular weight excluding hydrogens is 316 g/mol. The van der Waals surface area contributed by atoms with Gasteiger partial charge in [0.1, 0.15) is 17.2 Å². The molecule has 124 valence electrons. The van der Waals surface area contributed by atoms with Gasteiger partial charge < -0.3 is 14.8 Å². The molecule has 0 unspecified atom stereocenters. The molecule has 0 bridgehead atoms. The van der Waals surface area contributed by atoms with E-state index in [9.17, 15) is 17.6 Å². The van der Waals surface area contributed by atoms with Crippen molar-refractivity contribution in [3.63, 3.8) is 0 Å². The largest absolute Gasteiger partial charge is 0.497 e. The van der Waals surface area contributed by atoms with Gasteiger partial charge in [-0.25, -0.2) is 0 Å². The quantitative estimate of drug-likeness (QED) is 0.479. The van der Waals surface area contributed by atoms with Crippen molar-refractivity contribution in [2.45, 2.75) is 6.42 Å². The number of rotatable bonds is 7. The van der Waals surface area contributed by atoms with Crippen LogP contribution in [0.5, 0.6) is 11.5 Å². The highest BCUT2D eigenvalue weighted by Gasteiger charge is 2.20. The average molecular weight is 330 g/mol. The van der Waals surface area contributed by atoms with E-state index in [1.54, 1.807) is 31.4 Å². The number of methoxy groups -OCH3 is 1. The molecule has 2 aromatic rings. The van der Waals surface area contributed by atoms with Gasteiger partial charge in [-0.1, -0.05) is 0 Å². The maximum Gasteiger partial charge on any atom is 0.253 e. The van der Waals surface area contributed by atoms with Crippen LogP contribution in [0.4, 0.5) is 23.2 Å². The van der Waals surface area contributed by atoms with Crippen LogP contribution in [0.25, 0.3) is 0 Å². The molecule has 1 heterocycles. The van der Waals surface area contributed by atoms with Gasteiger partial charge in [0.25, 0.3) is 11.9 Å². The molecule has 0 atom stereocenters. The van der Waals surface area contributed by atoms with Crippen LogP contribution in [0.15, 0.2) is 24.3 Å². The van der Waals surface area contributed by atoms with Crippen molar-refractivity contribution in [1.82, 2.24) is 4.98 Å². The molecule has 23 heavy (non-hydrogen) atoms. The summed E-state index contributed by atoms with van der Waals surface area (Å²) in [6.07, 6.45) is 0.358. The first kappa shape index (κ1) is 16.9. The molecule has 0 saturated carbocycles. The molecule has 0 aliphatic carbocycles. The standard InChI is InChI=1S/C15H14F4N2O2/c1-22-9-3-5-10(6-4-9)23-8-2-7-20-13-11(16)14(18)21-15(19)12(13)17/h3-6H,2,7-8H2,1H3,(H,20,21). The number of pyridine rings is 1. The highest BCUT2D eigenvalue weighted by Crippen LogP contribution is 2.22. The zero-order valence-corrected chi connectivity index (χ0v) is 12.2. The predicted octanol–water partition coefficient (Wildman–Crippen LogP) is 3.53. The Labute approximate surface area is 130 Å². The number of halogens is 4. The van der Waals surface area contributed by atoms with Gasteiger partial charge in [-0.05, 0) is 30.7 Å². The van der Waals surface area contributed by atoms with Crippen LogP contribution in [0.1, 0.15) is 6.42 Å². The van der Waals surface area contributed by atoms with Crippen LogP contribution >= 0.6 is 0 Å². The average Bonchev–Trinajstić information content (AvgIpc) is 2.56. The van der Waals surface area contributed by atoms with Crippen molar-refractivity contribution in [3.8, 4) is 11.5 Å². The second kappa shape index (κ2) is 7.66. The van der Waals surface area contributed by atoms with Crippen LogP contribution in [0.3, 0.4) is 0 Å². The molecule has 4 nitrogen and oxygen atoms in total. The third-order valence-electron chi connectivity index (χ3n) is 2.95. The number of nitrogens with one attached hydrogen (secondary N) is 1. The Kier molecular flexibility index (Phi) is 5.61. The van der Waals surface area contributed by atoms with Gasteiger partial charge in [-0.15, -0.1) is 0 Å². The number of benzene rings is 1. The Morgan fingerprint density at radius 1 is 0.957 bits per heavy atom. The summed E-state index contributed by atoms with van der Waals surface area (Å²) < 4.78 is 62.9. The molecule has 8 heteroatoms. The van der Waals surface area contributed by atoms with Gasteiger partial charge in [0, 0.05) is 6.54 Å². The van der Waals surface area contributed by atoms with Gasteiger partial charge in [0.2, 0.25) is 11.6 Å². The normalized spacial score (nSPS) is 10.5. The van der Waals surface area contributed by atoms with Crippen molar-refractivity contribution in [1.29, 1.82) is 0 Å². The zero-order chi connectivity index (χ0) is 16.8. The molecule has 0 radical (unpaired) electrons. The van der Waals surface area contributed by atoms with Gasteiger partial charge >= 0.3 is 0 Å². The molecule has 0 saturated heterocycles. The summed E-state index contributed by atoms with van der Waals surface area (Å²) in [5.41, 5.74) is -0.876. The first-order chi connectivity index (χ1) is 11.0. The van der Waals surface area contributed by atoms with E-state index in [2.05, 4.69) is 10.3 Å². The fraction of sp³-hybridized carbons (Fsp3) is 0.267. The highest BCUT2D eigenvalue weighted by atomic mass is 19.2. The van der Waals surface area contributed by atoms with Crippen LogP contribution < -0.4 is 14.8 Å². The molecule has 0 aliphatic heterocycles. The van der Waals surface area contributed by atoms with Crippen molar-refractivity contribution in [3.05, 3.63) is 47.8 Å². The number of anilines is 1. The second-order valence-electron chi connectivity index (χ2n) is 4.50. The number of nitrogens with zero attached hydrogens (tertiary/aromatic N) is 1. The highest BCUT2D eigenvalue weighted by molar-refractivity contribution is 5.45. The fourth-order valence-corrected chi connectivity index (χ4v) is 1.79. The van der Waals surface area contributed by atoms with E-state index in [4.69, 9.17) is 9.47 Å². The monoisotopic (exact) mass is 330 g/mol. The van der Waals surface area contributed by atoms with Gasteiger partial charge in [0.05, 0.1) is 13.7 Å². The molecule has 1 N–H and O–H groups in total. The summed E-state index contributed by atoms with van der Waals surface area (Å²) in [5.74, 6) is -5.21. The van der Waals surface area contributed by atoms with Crippen LogP contribution in [-0.4, -0.2) is 25.2 Å². The van der Waals surface area contributed by atoms with Crippen molar-refractivity contribution >= 4 is 5.69 Å². The maximum atomic E-state index is 13.3. The minimum absolute atomic E-state index is 0.0624. The van der Waals surface area contributed by atoms with Crippen LogP contribution in [0, 0.1) is 23.5 Å². The second-order valence-corrected chi connectivity index (χ2v) is 4.50. The Morgan fingerprint density at radius 2 is 1.52 bits per heavy atom. The summed E-state index contributed by atoms with van der Waals surface area (Å²) in [4.78, 5) is 2.47. The van der Waals surface area contributed by atoms with E-state index in [0.29, 0.717) is 17.9 Å². The van der Waals surface area contributed by atoms with E-state index in [1.807, 2.05) is 0 Å². The minimum Gasteiger partial charge on any atom is -0.497 e. The SMILES string of the molecule is COc1ccc(OCCCNc2c(F)c(F)nc(F)c2F)cc1. The first-order valence-corrected chi connectivity index (χ1v) is 6.73. The molecule has 1 aromatic heterocycles. The Bertz CT molecular complexity index is 639. The smallest absolute Gasteiger partial charge is 0.253 e. The molecule has 2 rings (SSSR count). The predicted molar refractivity (Wildman–Crippen MR) is 75.7 cm³/mol. The maximum absolute atomic E-state index is 13.3.